The van der Waals surface area contributed by atoms with Crippen molar-refractivity contribution in [2.24, 2.45) is 0 Å². The topological polar surface area (TPSA) is 57.6 Å². The smallest absolute Gasteiger partial charge is 0.323 e. The first kappa shape index (κ1) is 13.4. The number of thiophene rings is 1. The molecule has 0 radical (unpaired) electrons. The first-order chi connectivity index (χ1) is 7.41. The van der Waals surface area contributed by atoms with Crippen LogP contribution >= 0.6 is 33.9 Å². The highest BCUT2D eigenvalue weighted by atomic mass is 127. The fraction of sp³-hybridized carbons (Fsp3) is 0.400. The highest BCUT2D eigenvalue weighted by molar-refractivity contribution is 14.1. The van der Waals surface area contributed by atoms with Gasteiger partial charge in [-0.05, 0) is 42.5 Å². The van der Waals surface area contributed by atoms with Gasteiger partial charge in [0.15, 0.2) is 0 Å². The van der Waals surface area contributed by atoms with E-state index in [0.717, 1.165) is 2.88 Å². The minimum Gasteiger partial charge on any atom is -0.480 e. The van der Waals surface area contributed by atoms with Gasteiger partial charge >= 0.3 is 5.97 Å². The van der Waals surface area contributed by atoms with Gasteiger partial charge in [-0.3, -0.25) is 9.59 Å². The molecule has 1 aromatic rings. The van der Waals surface area contributed by atoms with Gasteiger partial charge in [-0.1, -0.05) is 0 Å². The molecule has 0 saturated carbocycles. The SMILES string of the molecule is CC(C)N(CC(=O)O)C(=O)c1csc(I)c1. The van der Waals surface area contributed by atoms with Crippen molar-refractivity contribution in [1.29, 1.82) is 0 Å². The number of hydrogen-bond acceptors (Lipinski definition) is 3. The maximum Gasteiger partial charge on any atom is 0.323 e. The summed E-state index contributed by atoms with van der Waals surface area (Å²) in [6, 6.07) is 1.64. The van der Waals surface area contributed by atoms with Gasteiger partial charge in [0.25, 0.3) is 5.91 Å². The van der Waals surface area contributed by atoms with Crippen LogP contribution in [0.3, 0.4) is 0 Å². The third kappa shape index (κ3) is 3.44. The molecular weight excluding hydrogens is 341 g/mol. The highest BCUT2D eigenvalue weighted by Crippen LogP contribution is 2.18. The van der Waals surface area contributed by atoms with E-state index in [2.05, 4.69) is 22.6 Å². The molecule has 0 aromatic carbocycles. The van der Waals surface area contributed by atoms with Gasteiger partial charge in [0.2, 0.25) is 0 Å². The Labute approximate surface area is 111 Å². The maximum atomic E-state index is 12.0. The minimum atomic E-state index is -0.994. The summed E-state index contributed by atoms with van der Waals surface area (Å²) in [5, 5.41) is 10.5. The number of nitrogens with zero attached hydrogens (tertiary/aromatic N) is 1. The lowest BCUT2D eigenvalue weighted by molar-refractivity contribution is -0.138. The Balaban J connectivity index is 2.87. The highest BCUT2D eigenvalue weighted by Gasteiger charge is 2.21. The van der Waals surface area contributed by atoms with Crippen LogP contribution in [0.1, 0.15) is 24.2 Å². The summed E-state index contributed by atoms with van der Waals surface area (Å²) in [7, 11) is 0. The molecule has 0 aliphatic heterocycles. The van der Waals surface area contributed by atoms with Gasteiger partial charge in [0.1, 0.15) is 6.54 Å². The van der Waals surface area contributed by atoms with Crippen LogP contribution in [0.2, 0.25) is 0 Å². The quantitative estimate of drug-likeness (QED) is 0.845. The Morgan fingerprint density at radius 3 is 2.56 bits per heavy atom. The first-order valence-electron chi connectivity index (χ1n) is 4.68. The van der Waals surface area contributed by atoms with E-state index in [1.807, 2.05) is 0 Å². The van der Waals surface area contributed by atoms with Crippen molar-refractivity contribution in [3.8, 4) is 0 Å². The molecule has 0 aliphatic carbocycles. The van der Waals surface area contributed by atoms with Gasteiger partial charge in [-0.2, -0.15) is 0 Å². The zero-order valence-electron chi connectivity index (χ0n) is 8.94. The van der Waals surface area contributed by atoms with Crippen molar-refractivity contribution in [2.75, 3.05) is 6.54 Å². The second-order valence-electron chi connectivity index (χ2n) is 3.56. The third-order valence-corrected chi connectivity index (χ3v) is 3.79. The molecule has 0 bridgehead atoms. The third-order valence-electron chi connectivity index (χ3n) is 2.00. The normalized spacial score (nSPS) is 10.5. The van der Waals surface area contributed by atoms with E-state index in [4.69, 9.17) is 5.11 Å². The molecule has 1 heterocycles. The number of halogens is 1. The lowest BCUT2D eigenvalue weighted by atomic mass is 10.2. The molecule has 88 valence electrons. The van der Waals surface area contributed by atoms with Gasteiger partial charge in [0.05, 0.1) is 8.45 Å². The molecule has 6 heteroatoms. The molecule has 0 saturated heterocycles. The van der Waals surface area contributed by atoms with Crippen LogP contribution in [0.25, 0.3) is 0 Å². The van der Waals surface area contributed by atoms with Crippen LogP contribution in [0.15, 0.2) is 11.4 Å². The summed E-state index contributed by atoms with van der Waals surface area (Å²) in [5.74, 6) is -1.22. The molecule has 1 aromatic heterocycles. The Hall–Kier alpha value is -0.630. The lowest BCUT2D eigenvalue weighted by Gasteiger charge is -2.24. The molecule has 0 atom stereocenters. The number of hydrogen-bond donors (Lipinski definition) is 1. The Morgan fingerprint density at radius 1 is 1.56 bits per heavy atom. The van der Waals surface area contributed by atoms with Gasteiger partial charge in [-0.25, -0.2) is 0 Å². The Bertz CT molecular complexity index is 403. The maximum absolute atomic E-state index is 12.0. The fourth-order valence-electron chi connectivity index (χ4n) is 1.22. The van der Waals surface area contributed by atoms with E-state index in [0.29, 0.717) is 5.56 Å². The van der Waals surface area contributed by atoms with E-state index >= 15 is 0 Å². The largest absolute Gasteiger partial charge is 0.480 e. The standard InChI is InChI=1S/C10H12INO3S/c1-6(2)12(4-9(13)14)10(15)7-3-8(11)16-5-7/h3,5-6H,4H2,1-2H3,(H,13,14). The van der Waals surface area contributed by atoms with Crippen molar-refractivity contribution in [1.82, 2.24) is 4.90 Å². The molecule has 1 N–H and O–H groups in total. The second kappa shape index (κ2) is 5.62. The second-order valence-corrected chi connectivity index (χ2v) is 6.37. The number of carbonyl (C=O) groups excluding carboxylic acids is 1. The zero-order valence-corrected chi connectivity index (χ0v) is 11.9. The summed E-state index contributed by atoms with van der Waals surface area (Å²) < 4.78 is 1.01. The van der Waals surface area contributed by atoms with Gasteiger partial charge < -0.3 is 10.0 Å². The van der Waals surface area contributed by atoms with Crippen LogP contribution in [0, 0.1) is 2.88 Å². The summed E-state index contributed by atoms with van der Waals surface area (Å²) >= 11 is 3.60. The summed E-state index contributed by atoms with van der Waals surface area (Å²) in [6.07, 6.45) is 0. The predicted octanol–water partition coefficient (Wildman–Crippen LogP) is 2.29. The number of carboxylic acid groups (broad SMARTS) is 1. The molecule has 1 rings (SSSR count). The van der Waals surface area contributed by atoms with Crippen LogP contribution < -0.4 is 0 Å². The van der Waals surface area contributed by atoms with Crippen LogP contribution in [0.4, 0.5) is 0 Å². The molecule has 0 unspecified atom stereocenters. The monoisotopic (exact) mass is 353 g/mol. The molecule has 0 fully saturated rings. The fourth-order valence-corrected chi connectivity index (χ4v) is 2.54. The number of aliphatic carboxylic acids is 1. The summed E-state index contributed by atoms with van der Waals surface area (Å²) in [4.78, 5) is 24.0. The minimum absolute atomic E-state index is 0.124. The predicted molar refractivity (Wildman–Crippen MR) is 70.8 cm³/mol. The average molecular weight is 353 g/mol. The van der Waals surface area contributed by atoms with Crippen LogP contribution in [-0.4, -0.2) is 34.5 Å². The molecule has 16 heavy (non-hydrogen) atoms. The van der Waals surface area contributed by atoms with Crippen molar-refractivity contribution in [3.63, 3.8) is 0 Å². The first-order valence-corrected chi connectivity index (χ1v) is 6.64. The van der Waals surface area contributed by atoms with E-state index in [-0.39, 0.29) is 18.5 Å². The number of carbonyl (C=O) groups is 2. The lowest BCUT2D eigenvalue weighted by Crippen LogP contribution is -2.40. The van der Waals surface area contributed by atoms with Crippen molar-refractivity contribution in [2.45, 2.75) is 19.9 Å². The summed E-state index contributed by atoms with van der Waals surface area (Å²) in [5.41, 5.74) is 0.560. The van der Waals surface area contributed by atoms with E-state index < -0.39 is 5.97 Å². The molecule has 4 nitrogen and oxygen atoms in total. The summed E-state index contributed by atoms with van der Waals surface area (Å²) in [6.45, 7) is 3.35. The number of carboxylic acids is 1. The molecule has 0 aliphatic rings. The van der Waals surface area contributed by atoms with Gasteiger partial charge in [0, 0.05) is 11.4 Å². The number of amides is 1. The average Bonchev–Trinajstić information content (AvgIpc) is 2.59. The molecule has 0 spiro atoms. The van der Waals surface area contributed by atoms with Crippen LogP contribution in [0.5, 0.6) is 0 Å². The number of rotatable bonds is 4. The zero-order chi connectivity index (χ0) is 12.3. The van der Waals surface area contributed by atoms with E-state index in [1.165, 1.54) is 16.2 Å². The molecule has 1 amide bonds. The van der Waals surface area contributed by atoms with Crippen molar-refractivity contribution >= 4 is 45.8 Å². The van der Waals surface area contributed by atoms with Crippen molar-refractivity contribution in [3.05, 3.63) is 19.9 Å². The Morgan fingerprint density at radius 2 is 2.19 bits per heavy atom. The van der Waals surface area contributed by atoms with Crippen LogP contribution in [-0.2, 0) is 4.79 Å². The Kier molecular flexibility index (Phi) is 4.72. The van der Waals surface area contributed by atoms with E-state index in [9.17, 15) is 9.59 Å². The van der Waals surface area contributed by atoms with Crippen molar-refractivity contribution < 1.29 is 14.7 Å². The van der Waals surface area contributed by atoms with Gasteiger partial charge in [-0.15, -0.1) is 11.3 Å². The molecular formula is C10H12INO3S. The van der Waals surface area contributed by atoms with E-state index in [1.54, 1.807) is 25.3 Å².